The van der Waals surface area contributed by atoms with Crippen molar-refractivity contribution in [2.75, 3.05) is 36.5 Å². The largest absolute Gasteiger partial charge is 0.450 e. The normalized spacial score (nSPS) is 12.2. The molecule has 244 valence electrons. The second-order valence-corrected chi connectivity index (χ2v) is 13.9. The van der Waals surface area contributed by atoms with Crippen LogP contribution >= 0.6 is 22.6 Å². The molecule has 0 aliphatic rings. The van der Waals surface area contributed by atoms with Crippen molar-refractivity contribution < 1.29 is 27.5 Å². The zero-order valence-electron chi connectivity index (χ0n) is 26.0. The third-order valence-corrected chi connectivity index (χ3v) is 9.06. The molecule has 0 saturated heterocycles. The molecular formula is C30H60IN3O6S. The number of hydrogen-bond acceptors (Lipinski definition) is 6. The van der Waals surface area contributed by atoms with Crippen LogP contribution in [0.3, 0.4) is 0 Å². The van der Waals surface area contributed by atoms with Gasteiger partial charge >= 0.3 is 12.2 Å². The highest BCUT2D eigenvalue weighted by Gasteiger charge is 2.19. The Balaban J connectivity index is 3.95. The number of alkyl halides is 1. The maximum absolute atomic E-state index is 12.1. The Hall–Kier alpha value is -0.820. The second-order valence-electron chi connectivity index (χ2n) is 10.9. The van der Waals surface area contributed by atoms with Crippen LogP contribution < -0.4 is 15.4 Å². The molecule has 0 aromatic carbocycles. The number of amides is 2. The van der Waals surface area contributed by atoms with Crippen molar-refractivity contribution in [3.05, 3.63) is 0 Å². The van der Waals surface area contributed by atoms with Crippen molar-refractivity contribution in [2.24, 2.45) is 0 Å². The maximum atomic E-state index is 12.1. The van der Waals surface area contributed by atoms with Crippen molar-refractivity contribution in [3.63, 3.8) is 0 Å². The van der Waals surface area contributed by atoms with E-state index in [1.54, 1.807) is 0 Å². The molecule has 0 radical (unpaired) electrons. The van der Waals surface area contributed by atoms with E-state index >= 15 is 0 Å². The van der Waals surface area contributed by atoms with Crippen LogP contribution in [-0.4, -0.2) is 63.1 Å². The van der Waals surface area contributed by atoms with Gasteiger partial charge < -0.3 is 20.1 Å². The molecule has 0 aliphatic heterocycles. The average molecular weight is 718 g/mol. The molecule has 0 aliphatic carbocycles. The van der Waals surface area contributed by atoms with Gasteiger partial charge in [-0.2, -0.15) is 0 Å². The number of sulfonamides is 1. The summed E-state index contributed by atoms with van der Waals surface area (Å²) in [6.45, 7) is 4.80. The zero-order valence-corrected chi connectivity index (χ0v) is 29.0. The van der Waals surface area contributed by atoms with E-state index in [1.807, 2.05) is 6.92 Å². The lowest BCUT2D eigenvalue weighted by Gasteiger charge is -2.19. The van der Waals surface area contributed by atoms with E-state index in [-0.39, 0.29) is 25.5 Å². The Kier molecular flexibility index (Phi) is 28.7. The summed E-state index contributed by atoms with van der Waals surface area (Å²) < 4.78 is 37.8. The van der Waals surface area contributed by atoms with Crippen LogP contribution in [0, 0.1) is 0 Å². The summed E-state index contributed by atoms with van der Waals surface area (Å²) in [4.78, 5) is 24.2. The molecule has 1 atom stereocenters. The van der Waals surface area contributed by atoms with Crippen LogP contribution in [0.5, 0.6) is 0 Å². The van der Waals surface area contributed by atoms with Gasteiger partial charge in [0.15, 0.2) is 0 Å². The number of halogens is 1. The fourth-order valence-corrected chi connectivity index (χ4v) is 6.33. The van der Waals surface area contributed by atoms with Gasteiger partial charge in [-0.25, -0.2) is 22.7 Å². The molecular weight excluding hydrogens is 657 g/mol. The van der Waals surface area contributed by atoms with E-state index in [1.165, 1.54) is 89.9 Å². The Morgan fingerprint density at radius 2 is 1.20 bits per heavy atom. The van der Waals surface area contributed by atoms with E-state index in [9.17, 15) is 18.0 Å². The molecule has 11 heteroatoms. The van der Waals surface area contributed by atoms with E-state index < -0.39 is 28.3 Å². The molecule has 41 heavy (non-hydrogen) atoms. The van der Waals surface area contributed by atoms with E-state index in [2.05, 4.69) is 44.9 Å². The van der Waals surface area contributed by atoms with Crippen LogP contribution in [-0.2, 0) is 19.5 Å². The summed E-state index contributed by atoms with van der Waals surface area (Å²) in [6.07, 6.45) is 21.7. The highest BCUT2D eigenvalue weighted by molar-refractivity contribution is 14.1. The van der Waals surface area contributed by atoms with Gasteiger partial charge in [0.25, 0.3) is 0 Å². The van der Waals surface area contributed by atoms with Crippen LogP contribution in [0.2, 0.25) is 0 Å². The summed E-state index contributed by atoms with van der Waals surface area (Å²) >= 11 is 2.12. The Morgan fingerprint density at radius 1 is 0.683 bits per heavy atom. The lowest BCUT2D eigenvalue weighted by atomic mass is 10.0. The monoisotopic (exact) mass is 717 g/mol. The predicted octanol–water partition coefficient (Wildman–Crippen LogP) is 7.61. The minimum atomic E-state index is -3.48. The molecule has 0 heterocycles. The molecule has 1 unspecified atom stereocenters. The second kappa shape index (κ2) is 29.3. The molecule has 0 fully saturated rings. The summed E-state index contributed by atoms with van der Waals surface area (Å²) in [6, 6.07) is -0.736. The topological polar surface area (TPSA) is 123 Å². The van der Waals surface area contributed by atoms with Gasteiger partial charge in [0.05, 0.1) is 18.4 Å². The van der Waals surface area contributed by atoms with Crippen molar-refractivity contribution in [1.29, 1.82) is 0 Å². The molecule has 9 nitrogen and oxygen atoms in total. The first kappa shape index (κ1) is 40.2. The Morgan fingerprint density at radius 3 is 1.71 bits per heavy atom. The number of carbonyl (C=O) groups is 2. The molecule has 0 aromatic rings. The van der Waals surface area contributed by atoms with Gasteiger partial charge in [0, 0.05) is 17.5 Å². The molecule has 0 bridgehead atoms. The van der Waals surface area contributed by atoms with Crippen molar-refractivity contribution in [2.45, 2.75) is 142 Å². The first-order valence-corrected chi connectivity index (χ1v) is 19.4. The molecule has 0 saturated carbocycles. The van der Waals surface area contributed by atoms with Crippen molar-refractivity contribution in [3.8, 4) is 0 Å². The molecule has 0 aromatic heterocycles. The SMILES string of the molecule is CCCCCCCCCCCCCCCCCCNC(=O)OCC(CNS(=O)(=O)CCCI)NC(=O)OCCCC. The first-order chi connectivity index (χ1) is 19.8. The quantitative estimate of drug-likeness (QED) is 0.0416. The predicted molar refractivity (Wildman–Crippen MR) is 177 cm³/mol. The molecule has 3 N–H and O–H groups in total. The smallest absolute Gasteiger partial charge is 0.407 e. The number of rotatable bonds is 29. The van der Waals surface area contributed by atoms with Crippen LogP contribution in [0.4, 0.5) is 9.59 Å². The van der Waals surface area contributed by atoms with Crippen LogP contribution in [0.15, 0.2) is 0 Å². The number of ether oxygens (including phenoxy) is 2. The maximum Gasteiger partial charge on any atom is 0.407 e. The summed E-state index contributed by atoms with van der Waals surface area (Å²) in [5.74, 6) is 0.00422. The minimum absolute atomic E-state index is 0.00422. The highest BCUT2D eigenvalue weighted by atomic mass is 127. The van der Waals surface area contributed by atoms with Crippen LogP contribution in [0.1, 0.15) is 136 Å². The van der Waals surface area contributed by atoms with E-state index in [0.717, 1.165) is 30.1 Å². The van der Waals surface area contributed by atoms with Gasteiger partial charge in [0.2, 0.25) is 10.0 Å². The van der Waals surface area contributed by atoms with E-state index in [4.69, 9.17) is 9.47 Å². The summed E-state index contributed by atoms with van der Waals surface area (Å²) in [5, 5.41) is 5.33. The third-order valence-electron chi connectivity index (χ3n) is 6.86. The number of nitrogens with one attached hydrogen (secondary N) is 3. The van der Waals surface area contributed by atoms with Gasteiger partial charge in [-0.3, -0.25) is 0 Å². The summed E-state index contributed by atoms with van der Waals surface area (Å²) in [5.41, 5.74) is 0. The van der Waals surface area contributed by atoms with Gasteiger partial charge in [-0.15, -0.1) is 0 Å². The van der Waals surface area contributed by atoms with Gasteiger partial charge in [0.1, 0.15) is 6.61 Å². The van der Waals surface area contributed by atoms with E-state index in [0.29, 0.717) is 13.0 Å². The lowest BCUT2D eigenvalue weighted by molar-refractivity contribution is 0.118. The van der Waals surface area contributed by atoms with Crippen molar-refractivity contribution >= 4 is 44.8 Å². The Bertz CT molecular complexity index is 727. The highest BCUT2D eigenvalue weighted by Crippen LogP contribution is 2.13. The Labute approximate surface area is 265 Å². The van der Waals surface area contributed by atoms with Crippen molar-refractivity contribution in [1.82, 2.24) is 15.4 Å². The zero-order chi connectivity index (χ0) is 30.4. The fourth-order valence-electron chi connectivity index (χ4n) is 4.30. The number of unbranched alkanes of at least 4 members (excludes halogenated alkanes) is 16. The average Bonchev–Trinajstić information content (AvgIpc) is 2.95. The minimum Gasteiger partial charge on any atom is -0.450 e. The van der Waals surface area contributed by atoms with Gasteiger partial charge in [-0.05, 0) is 19.3 Å². The number of hydrogen-bond donors (Lipinski definition) is 3. The lowest BCUT2D eigenvalue weighted by Crippen LogP contribution is -2.47. The van der Waals surface area contributed by atoms with Crippen LogP contribution in [0.25, 0.3) is 0 Å². The van der Waals surface area contributed by atoms with Gasteiger partial charge in [-0.1, -0.05) is 139 Å². The standard InChI is InChI=1S/C30H60IN3O6S/c1-3-5-7-8-9-10-11-12-13-14-15-16-17-18-19-20-23-32-29(35)40-27-28(34-30(36)39-24-6-4-2)26-33-41(37,38)25-21-22-31/h28,33H,3-27H2,1-2H3,(H,32,35)(H,34,36). The summed E-state index contributed by atoms with van der Waals surface area (Å²) in [7, 11) is -3.48. The third kappa shape index (κ3) is 29.0. The fraction of sp³-hybridized carbons (Fsp3) is 0.933. The first-order valence-electron chi connectivity index (χ1n) is 16.2. The molecule has 0 rings (SSSR count). The molecule has 0 spiro atoms. The number of alkyl carbamates (subject to hydrolysis) is 2. The molecule has 2 amide bonds. The number of carbonyl (C=O) groups excluding carboxylic acids is 2.